The first-order chi connectivity index (χ1) is 16.5. The van der Waals surface area contributed by atoms with Crippen LogP contribution in [0.25, 0.3) is 11.3 Å². The number of nitrogen functional groups attached to an aromatic ring is 1. The first kappa shape index (κ1) is 22.1. The predicted molar refractivity (Wildman–Crippen MR) is 128 cm³/mol. The number of rotatable bonds is 5. The van der Waals surface area contributed by atoms with Crippen molar-refractivity contribution in [3.05, 3.63) is 83.8 Å². The molecule has 0 radical (unpaired) electrons. The van der Waals surface area contributed by atoms with Crippen LogP contribution in [0.5, 0.6) is 0 Å². The molecule has 34 heavy (non-hydrogen) atoms. The summed E-state index contributed by atoms with van der Waals surface area (Å²) in [6.07, 6.45) is 0.991. The molecule has 6 nitrogen and oxygen atoms in total. The fraction of sp³-hybridized carbons (Fsp3) is 0.296. The van der Waals surface area contributed by atoms with Crippen molar-refractivity contribution >= 4 is 17.5 Å². The number of nitrogens with zero attached hydrogens (tertiary/aromatic N) is 3. The Labute approximate surface area is 198 Å². The van der Waals surface area contributed by atoms with Crippen molar-refractivity contribution in [2.24, 2.45) is 5.92 Å². The van der Waals surface area contributed by atoms with Crippen molar-refractivity contribution in [3.8, 4) is 11.3 Å². The summed E-state index contributed by atoms with van der Waals surface area (Å²) in [5.74, 6) is 0.193. The molecule has 3 aromatic rings. The van der Waals surface area contributed by atoms with E-state index in [0.29, 0.717) is 49.2 Å². The Morgan fingerprint density at radius 1 is 0.912 bits per heavy atom. The van der Waals surface area contributed by atoms with Crippen LogP contribution in [0.1, 0.15) is 23.6 Å². The molecular formula is C27H27FN4O2. The van der Waals surface area contributed by atoms with Crippen molar-refractivity contribution in [1.82, 2.24) is 14.8 Å². The minimum absolute atomic E-state index is 0.0582. The van der Waals surface area contributed by atoms with Crippen LogP contribution in [0, 0.1) is 11.7 Å². The van der Waals surface area contributed by atoms with Gasteiger partial charge in [0.05, 0.1) is 23.5 Å². The summed E-state index contributed by atoms with van der Waals surface area (Å²) < 4.78 is 13.2. The summed E-state index contributed by atoms with van der Waals surface area (Å²) in [7, 11) is 0. The summed E-state index contributed by atoms with van der Waals surface area (Å²) in [4.78, 5) is 34.1. The molecule has 1 aliphatic heterocycles. The molecule has 0 bridgehead atoms. The molecule has 7 heteroatoms. The highest BCUT2D eigenvalue weighted by Gasteiger charge is 2.46. The maximum absolute atomic E-state index is 13.2. The highest BCUT2D eigenvalue weighted by Crippen LogP contribution is 2.48. The van der Waals surface area contributed by atoms with Gasteiger partial charge in [0, 0.05) is 37.7 Å². The summed E-state index contributed by atoms with van der Waals surface area (Å²) in [5, 5.41) is 0. The molecule has 1 saturated heterocycles. The Balaban J connectivity index is 1.17. The van der Waals surface area contributed by atoms with Crippen molar-refractivity contribution in [2.45, 2.75) is 18.8 Å². The highest BCUT2D eigenvalue weighted by atomic mass is 19.1. The normalized spacial score (nSPS) is 19.7. The topological polar surface area (TPSA) is 79.5 Å². The smallest absolute Gasteiger partial charge is 0.228 e. The van der Waals surface area contributed by atoms with Gasteiger partial charge < -0.3 is 15.5 Å². The predicted octanol–water partition coefficient (Wildman–Crippen LogP) is 3.49. The molecule has 2 fully saturated rings. The number of carbonyl (C=O) groups excluding carboxylic acids is 2. The second-order valence-electron chi connectivity index (χ2n) is 8.98. The zero-order valence-corrected chi connectivity index (χ0v) is 18.9. The van der Waals surface area contributed by atoms with E-state index in [1.807, 2.05) is 23.1 Å². The van der Waals surface area contributed by atoms with Crippen molar-refractivity contribution < 1.29 is 14.0 Å². The Bertz CT molecular complexity index is 1190. The number of halogens is 1. The van der Waals surface area contributed by atoms with Gasteiger partial charge in [-0.05, 0) is 54.3 Å². The highest BCUT2D eigenvalue weighted by molar-refractivity contribution is 5.84. The standard InChI is InChI=1S/C27H27FN4O2/c28-20-8-6-19(7-9-20)24-11-10-23(29)25(30-24)17-26(33)31-12-14-32(15-13-31)27(34)22-16-21(22)18-4-2-1-3-5-18/h1-11,21-22H,12-17,29H2/t21-,22?/m0/s1. The van der Waals surface area contributed by atoms with Crippen LogP contribution in [0.4, 0.5) is 10.1 Å². The molecule has 2 atom stereocenters. The molecule has 2 heterocycles. The number of piperazine rings is 1. The van der Waals surface area contributed by atoms with E-state index in [1.165, 1.54) is 17.7 Å². The van der Waals surface area contributed by atoms with Crippen LogP contribution in [0.15, 0.2) is 66.7 Å². The number of aromatic nitrogens is 1. The van der Waals surface area contributed by atoms with E-state index in [-0.39, 0.29) is 30.0 Å². The molecule has 1 aromatic heterocycles. The van der Waals surface area contributed by atoms with Gasteiger partial charge in [0.25, 0.3) is 0 Å². The van der Waals surface area contributed by atoms with E-state index in [2.05, 4.69) is 17.1 Å². The number of pyridine rings is 1. The Morgan fingerprint density at radius 2 is 1.59 bits per heavy atom. The third kappa shape index (κ3) is 4.64. The van der Waals surface area contributed by atoms with Crippen LogP contribution in [0.2, 0.25) is 0 Å². The molecule has 1 aliphatic carbocycles. The number of hydrogen-bond acceptors (Lipinski definition) is 4. The lowest BCUT2D eigenvalue weighted by atomic mass is 10.1. The monoisotopic (exact) mass is 458 g/mol. The maximum Gasteiger partial charge on any atom is 0.228 e. The Hall–Kier alpha value is -3.74. The third-order valence-corrected chi connectivity index (χ3v) is 6.75. The van der Waals surface area contributed by atoms with Crippen molar-refractivity contribution in [2.75, 3.05) is 31.9 Å². The van der Waals surface area contributed by atoms with Gasteiger partial charge in [-0.3, -0.25) is 14.6 Å². The number of carbonyl (C=O) groups is 2. The fourth-order valence-corrected chi connectivity index (χ4v) is 4.64. The summed E-state index contributed by atoms with van der Waals surface area (Å²) >= 11 is 0. The van der Waals surface area contributed by atoms with Gasteiger partial charge in [0.2, 0.25) is 11.8 Å². The molecular weight excluding hydrogens is 431 g/mol. The van der Waals surface area contributed by atoms with Gasteiger partial charge in [-0.2, -0.15) is 0 Å². The SMILES string of the molecule is Nc1ccc(-c2ccc(F)cc2)nc1CC(=O)N1CCN(C(=O)C2C[C@H]2c2ccccc2)CC1. The quantitative estimate of drug-likeness (QED) is 0.635. The van der Waals surface area contributed by atoms with Crippen molar-refractivity contribution in [3.63, 3.8) is 0 Å². The zero-order chi connectivity index (χ0) is 23.7. The largest absolute Gasteiger partial charge is 0.397 e. The molecule has 174 valence electrons. The number of amides is 2. The van der Waals surface area contributed by atoms with E-state index in [0.717, 1.165) is 12.0 Å². The minimum Gasteiger partial charge on any atom is -0.397 e. The molecule has 5 rings (SSSR count). The second-order valence-corrected chi connectivity index (χ2v) is 8.98. The molecule has 2 amide bonds. The minimum atomic E-state index is -0.315. The summed E-state index contributed by atoms with van der Waals surface area (Å²) in [6, 6.07) is 19.7. The van der Waals surface area contributed by atoms with Crippen molar-refractivity contribution in [1.29, 1.82) is 0 Å². The molecule has 2 N–H and O–H groups in total. The van der Waals surface area contributed by atoms with Gasteiger partial charge in [0.15, 0.2) is 0 Å². The maximum atomic E-state index is 13.2. The average molecular weight is 459 g/mol. The zero-order valence-electron chi connectivity index (χ0n) is 18.9. The molecule has 0 spiro atoms. The number of hydrogen-bond donors (Lipinski definition) is 1. The summed E-state index contributed by atoms with van der Waals surface area (Å²) in [5.41, 5.74) is 9.68. The Morgan fingerprint density at radius 3 is 2.29 bits per heavy atom. The molecule has 2 aromatic carbocycles. The van der Waals surface area contributed by atoms with E-state index in [1.54, 1.807) is 29.2 Å². The lowest BCUT2D eigenvalue weighted by Crippen LogP contribution is -2.51. The van der Waals surface area contributed by atoms with Crippen LogP contribution in [0.3, 0.4) is 0 Å². The second kappa shape index (κ2) is 9.25. The third-order valence-electron chi connectivity index (χ3n) is 6.75. The van der Waals surface area contributed by atoms with E-state index >= 15 is 0 Å². The number of nitrogens with two attached hydrogens (primary N) is 1. The van der Waals surface area contributed by atoms with Crippen LogP contribution in [-0.4, -0.2) is 52.8 Å². The van der Waals surface area contributed by atoms with Gasteiger partial charge >= 0.3 is 0 Å². The number of anilines is 1. The first-order valence-electron chi connectivity index (χ1n) is 11.6. The lowest BCUT2D eigenvalue weighted by molar-refractivity contribution is -0.140. The molecule has 1 unspecified atom stereocenters. The first-order valence-corrected chi connectivity index (χ1v) is 11.6. The Kier molecular flexibility index (Phi) is 6.01. The van der Waals surface area contributed by atoms with E-state index < -0.39 is 0 Å². The van der Waals surface area contributed by atoms with E-state index in [4.69, 9.17) is 5.73 Å². The van der Waals surface area contributed by atoms with Crippen LogP contribution in [-0.2, 0) is 16.0 Å². The number of benzene rings is 2. The van der Waals surface area contributed by atoms with Gasteiger partial charge in [-0.15, -0.1) is 0 Å². The molecule has 2 aliphatic rings. The summed E-state index contributed by atoms with van der Waals surface area (Å²) in [6.45, 7) is 2.10. The molecule has 1 saturated carbocycles. The van der Waals surface area contributed by atoms with Crippen LogP contribution >= 0.6 is 0 Å². The average Bonchev–Trinajstić information content (AvgIpc) is 3.67. The van der Waals surface area contributed by atoms with Gasteiger partial charge in [0.1, 0.15) is 5.82 Å². The van der Waals surface area contributed by atoms with Gasteiger partial charge in [-0.1, -0.05) is 30.3 Å². The van der Waals surface area contributed by atoms with E-state index in [9.17, 15) is 14.0 Å². The fourth-order valence-electron chi connectivity index (χ4n) is 4.64. The lowest BCUT2D eigenvalue weighted by Gasteiger charge is -2.35. The van der Waals surface area contributed by atoms with Crippen LogP contribution < -0.4 is 5.73 Å². The van der Waals surface area contributed by atoms with Gasteiger partial charge in [-0.25, -0.2) is 4.39 Å².